The number of nitrogens with one attached hydrogen (secondary N) is 1. The molecule has 6 heteroatoms. The van der Waals surface area contributed by atoms with Crippen LogP contribution in [0.5, 0.6) is 0 Å². The van der Waals surface area contributed by atoms with Crippen LogP contribution in [0.4, 0.5) is 0 Å². The van der Waals surface area contributed by atoms with Crippen molar-refractivity contribution < 1.29 is 9.69 Å². The van der Waals surface area contributed by atoms with E-state index in [1.807, 2.05) is 40.6 Å². The number of rotatable bonds is 4. The lowest BCUT2D eigenvalue weighted by atomic mass is 10.1. The van der Waals surface area contributed by atoms with E-state index in [4.69, 9.17) is 0 Å². The number of benzene rings is 1. The summed E-state index contributed by atoms with van der Waals surface area (Å²) in [5, 5.41) is 4.37. The van der Waals surface area contributed by atoms with Crippen molar-refractivity contribution in [3.05, 3.63) is 57.8 Å². The van der Waals surface area contributed by atoms with Crippen molar-refractivity contribution in [1.82, 2.24) is 4.90 Å². The Morgan fingerprint density at radius 3 is 2.46 bits per heavy atom. The average molecular weight is 406 g/mol. The molecule has 26 heavy (non-hydrogen) atoms. The molecule has 0 aliphatic carbocycles. The van der Waals surface area contributed by atoms with Crippen LogP contribution in [0.15, 0.2) is 41.1 Å². The van der Waals surface area contributed by atoms with Gasteiger partial charge in [0.25, 0.3) is 5.91 Å². The number of thioether (sulfide) groups is 2. The van der Waals surface area contributed by atoms with E-state index in [2.05, 4.69) is 29.0 Å². The van der Waals surface area contributed by atoms with E-state index in [1.54, 1.807) is 16.2 Å². The Labute approximate surface area is 168 Å². The molecule has 0 radical (unpaired) electrons. The minimum Gasteiger partial charge on any atom is -0.328 e. The summed E-state index contributed by atoms with van der Waals surface area (Å²) in [6.07, 6.45) is 1.31. The molecule has 138 valence electrons. The van der Waals surface area contributed by atoms with Crippen LogP contribution in [0.2, 0.25) is 0 Å². The lowest BCUT2D eigenvalue weighted by Gasteiger charge is -2.32. The number of carbonyl (C=O) groups is 1. The lowest BCUT2D eigenvalue weighted by Crippen LogP contribution is -3.13. The summed E-state index contributed by atoms with van der Waals surface area (Å²) in [5.74, 6) is 2.68. The molecule has 2 saturated heterocycles. The van der Waals surface area contributed by atoms with Gasteiger partial charge in [-0.25, -0.2) is 0 Å². The van der Waals surface area contributed by atoms with Crippen LogP contribution < -0.4 is 4.90 Å². The van der Waals surface area contributed by atoms with Crippen molar-refractivity contribution in [3.63, 3.8) is 0 Å². The molecular weight excluding hydrogens is 380 g/mol. The Kier molecular flexibility index (Phi) is 6.25. The highest BCUT2D eigenvalue weighted by atomic mass is 32.2. The summed E-state index contributed by atoms with van der Waals surface area (Å²) in [6, 6.07) is 10.6. The predicted molar refractivity (Wildman–Crippen MR) is 113 cm³/mol. The zero-order valence-electron chi connectivity index (χ0n) is 14.9. The normalized spacial score (nSPS) is 19.6. The summed E-state index contributed by atoms with van der Waals surface area (Å²) in [7, 11) is 0. The minimum atomic E-state index is 0.190. The molecule has 2 aromatic rings. The van der Waals surface area contributed by atoms with Crippen molar-refractivity contribution in [2.45, 2.75) is 17.5 Å². The zero-order chi connectivity index (χ0) is 17.8. The Hall–Kier alpha value is -0.950. The number of piperazine rings is 1. The second-order valence-corrected chi connectivity index (χ2v) is 10.4. The van der Waals surface area contributed by atoms with E-state index in [1.165, 1.54) is 29.1 Å². The maximum Gasteiger partial charge on any atom is 0.254 e. The highest BCUT2D eigenvalue weighted by Crippen LogP contribution is 2.43. The molecule has 0 atom stereocenters. The van der Waals surface area contributed by atoms with Gasteiger partial charge >= 0.3 is 0 Å². The van der Waals surface area contributed by atoms with Gasteiger partial charge in [-0.2, -0.15) is 11.3 Å². The van der Waals surface area contributed by atoms with E-state index in [0.717, 1.165) is 38.3 Å². The first-order chi connectivity index (χ1) is 12.8. The van der Waals surface area contributed by atoms with Gasteiger partial charge in [0.05, 0.1) is 30.8 Å². The van der Waals surface area contributed by atoms with Gasteiger partial charge in [0.15, 0.2) is 0 Å². The monoisotopic (exact) mass is 405 g/mol. The fourth-order valence-corrected chi connectivity index (χ4v) is 7.09. The number of thiophene rings is 1. The van der Waals surface area contributed by atoms with Gasteiger partial charge in [0, 0.05) is 11.1 Å². The third-order valence-electron chi connectivity index (χ3n) is 5.05. The molecule has 0 spiro atoms. The second-order valence-electron chi connectivity index (χ2n) is 6.90. The largest absolute Gasteiger partial charge is 0.328 e. The topological polar surface area (TPSA) is 24.8 Å². The summed E-state index contributed by atoms with van der Waals surface area (Å²) in [6.45, 7) is 4.86. The predicted octanol–water partition coefficient (Wildman–Crippen LogP) is 3.16. The molecule has 3 heterocycles. The van der Waals surface area contributed by atoms with Crippen molar-refractivity contribution in [3.8, 4) is 0 Å². The van der Waals surface area contributed by atoms with Crippen LogP contribution in [0.3, 0.4) is 0 Å². The van der Waals surface area contributed by atoms with Crippen molar-refractivity contribution >= 4 is 40.8 Å². The van der Waals surface area contributed by atoms with Crippen molar-refractivity contribution in [2.75, 3.05) is 37.7 Å². The maximum absolute atomic E-state index is 12.8. The molecule has 0 bridgehead atoms. The van der Waals surface area contributed by atoms with E-state index in [-0.39, 0.29) is 5.91 Å². The number of amides is 1. The standard InChI is InChI=1S/C20H24N2OS3/c23-19(17-2-4-18(5-3-17)20-25-11-1-12-26-20)22-9-7-21(8-10-22)14-16-6-13-24-15-16/h2-6,13,15,20H,1,7-12,14H2/p+1. The molecule has 1 aromatic carbocycles. The number of hydrogen-bond donors (Lipinski definition) is 1. The first kappa shape index (κ1) is 18.4. The van der Waals surface area contributed by atoms with E-state index < -0.39 is 0 Å². The smallest absolute Gasteiger partial charge is 0.254 e. The Morgan fingerprint density at radius 1 is 1.08 bits per heavy atom. The third kappa shape index (κ3) is 4.47. The molecule has 0 saturated carbocycles. The average Bonchev–Trinajstić information content (AvgIpc) is 3.22. The molecule has 4 rings (SSSR count). The number of quaternary nitrogens is 1. The third-order valence-corrected chi connectivity index (χ3v) is 8.80. The molecule has 2 fully saturated rings. The van der Waals surface area contributed by atoms with E-state index in [0.29, 0.717) is 4.58 Å². The highest BCUT2D eigenvalue weighted by Gasteiger charge is 2.25. The second kappa shape index (κ2) is 8.83. The number of hydrogen-bond acceptors (Lipinski definition) is 4. The van der Waals surface area contributed by atoms with Gasteiger partial charge in [-0.05, 0) is 52.4 Å². The van der Waals surface area contributed by atoms with E-state index in [9.17, 15) is 4.79 Å². The fraction of sp³-hybridized carbons (Fsp3) is 0.450. The van der Waals surface area contributed by atoms with Gasteiger partial charge < -0.3 is 9.80 Å². The molecule has 2 aliphatic rings. The summed E-state index contributed by atoms with van der Waals surface area (Å²) < 4.78 is 0.539. The van der Waals surface area contributed by atoms with Crippen LogP contribution in [0.1, 0.15) is 32.5 Å². The summed E-state index contributed by atoms with van der Waals surface area (Å²) >= 11 is 5.81. The van der Waals surface area contributed by atoms with Gasteiger partial charge in [-0.1, -0.05) is 12.1 Å². The summed E-state index contributed by atoms with van der Waals surface area (Å²) in [5.41, 5.74) is 3.60. The fourth-order valence-electron chi connectivity index (χ4n) is 3.53. The van der Waals surface area contributed by atoms with Gasteiger partial charge in [0.1, 0.15) is 6.54 Å². The van der Waals surface area contributed by atoms with Crippen LogP contribution in [-0.4, -0.2) is 48.5 Å². The first-order valence-electron chi connectivity index (χ1n) is 9.27. The maximum atomic E-state index is 12.8. The molecule has 1 amide bonds. The van der Waals surface area contributed by atoms with E-state index >= 15 is 0 Å². The Morgan fingerprint density at radius 2 is 1.81 bits per heavy atom. The van der Waals surface area contributed by atoms with Gasteiger partial charge in [-0.3, -0.25) is 4.79 Å². The molecule has 1 N–H and O–H groups in total. The molecule has 3 nitrogen and oxygen atoms in total. The zero-order valence-corrected chi connectivity index (χ0v) is 17.3. The highest BCUT2D eigenvalue weighted by molar-refractivity contribution is 8.16. The van der Waals surface area contributed by atoms with Crippen LogP contribution in [-0.2, 0) is 6.54 Å². The SMILES string of the molecule is O=C(c1ccc(C2SCCCS2)cc1)N1CC[NH+](Cc2ccsc2)CC1. The molecule has 2 aliphatic heterocycles. The lowest BCUT2D eigenvalue weighted by molar-refractivity contribution is -0.917. The molecular formula is C20H25N2OS3+. The van der Waals surface area contributed by atoms with Crippen molar-refractivity contribution in [2.24, 2.45) is 0 Å². The number of nitrogens with zero attached hydrogens (tertiary/aromatic N) is 1. The molecule has 1 aromatic heterocycles. The Balaban J connectivity index is 1.31. The van der Waals surface area contributed by atoms with Gasteiger partial charge in [-0.15, -0.1) is 23.5 Å². The quantitative estimate of drug-likeness (QED) is 0.846. The van der Waals surface area contributed by atoms with Crippen LogP contribution in [0.25, 0.3) is 0 Å². The summed E-state index contributed by atoms with van der Waals surface area (Å²) in [4.78, 5) is 16.4. The number of carbonyl (C=O) groups excluding carboxylic acids is 1. The minimum absolute atomic E-state index is 0.190. The Bertz CT molecular complexity index is 703. The van der Waals surface area contributed by atoms with Crippen molar-refractivity contribution in [1.29, 1.82) is 0 Å². The molecule has 0 unspecified atom stereocenters. The van der Waals surface area contributed by atoms with Crippen LogP contribution >= 0.6 is 34.9 Å². The van der Waals surface area contributed by atoms with Gasteiger partial charge in [0.2, 0.25) is 0 Å². The first-order valence-corrected chi connectivity index (χ1v) is 12.3. The van der Waals surface area contributed by atoms with Crippen LogP contribution in [0, 0.1) is 0 Å².